The zero-order valence-electron chi connectivity index (χ0n) is 20.0. The molecule has 1 aliphatic rings. The van der Waals surface area contributed by atoms with Crippen molar-refractivity contribution in [3.8, 4) is 11.3 Å². The van der Waals surface area contributed by atoms with Crippen LogP contribution >= 0.6 is 0 Å². The second-order valence-corrected chi connectivity index (χ2v) is 9.25. The maximum Gasteiger partial charge on any atom is 0.331 e. The molecule has 0 saturated heterocycles. The molecule has 2 aromatic heterocycles. The highest BCUT2D eigenvalue weighted by molar-refractivity contribution is 5.96. The molecule has 0 unspecified atom stereocenters. The zero-order chi connectivity index (χ0) is 23.6. The van der Waals surface area contributed by atoms with Gasteiger partial charge in [0.1, 0.15) is 6.10 Å². The molecule has 0 bridgehead atoms. The van der Waals surface area contributed by atoms with Crippen molar-refractivity contribution in [2.75, 3.05) is 6.61 Å². The van der Waals surface area contributed by atoms with E-state index in [1.807, 2.05) is 25.1 Å². The van der Waals surface area contributed by atoms with Crippen LogP contribution in [0.4, 0.5) is 0 Å². The van der Waals surface area contributed by atoms with Gasteiger partial charge in [0.05, 0.1) is 28.9 Å². The lowest BCUT2D eigenvalue weighted by molar-refractivity contribution is 0.0471. The van der Waals surface area contributed by atoms with Crippen molar-refractivity contribution in [2.24, 2.45) is 14.1 Å². The van der Waals surface area contributed by atoms with Gasteiger partial charge in [-0.3, -0.25) is 13.9 Å². The Hall–Kier alpha value is -3.38. The minimum absolute atomic E-state index is 0.275. The fourth-order valence-electron chi connectivity index (χ4n) is 5.50. The van der Waals surface area contributed by atoms with Crippen LogP contribution in [0.2, 0.25) is 0 Å². The monoisotopic (exact) mass is 443 g/mol. The average Bonchev–Trinajstić information content (AvgIpc) is 3.12. The first kappa shape index (κ1) is 21.5. The van der Waals surface area contributed by atoms with E-state index >= 15 is 0 Å². The molecule has 0 aliphatic carbocycles. The number of hydrogen-bond donors (Lipinski definition) is 0. The first-order valence-electron chi connectivity index (χ1n) is 11.3. The summed E-state index contributed by atoms with van der Waals surface area (Å²) in [4.78, 5) is 26.5. The van der Waals surface area contributed by atoms with E-state index in [0.29, 0.717) is 24.1 Å². The third-order valence-corrected chi connectivity index (χ3v) is 6.84. The Kier molecular flexibility index (Phi) is 4.94. The molecule has 5 rings (SSSR count). The van der Waals surface area contributed by atoms with Gasteiger partial charge in [0.25, 0.3) is 5.56 Å². The van der Waals surface area contributed by atoms with Crippen molar-refractivity contribution in [3.05, 3.63) is 90.7 Å². The van der Waals surface area contributed by atoms with Gasteiger partial charge in [0.15, 0.2) is 0 Å². The molecule has 0 N–H and O–H groups in total. The van der Waals surface area contributed by atoms with Gasteiger partial charge in [-0.1, -0.05) is 41.5 Å². The fraction of sp³-hybridized carbons (Fsp3) is 0.333. The number of nitrogens with zero attached hydrogens (tertiary/aromatic N) is 3. The van der Waals surface area contributed by atoms with Crippen LogP contribution in [0.5, 0.6) is 0 Å². The van der Waals surface area contributed by atoms with Gasteiger partial charge < -0.3 is 9.30 Å². The summed E-state index contributed by atoms with van der Waals surface area (Å²) in [6, 6.07) is 12.5. The molecule has 0 saturated carbocycles. The lowest BCUT2D eigenvalue weighted by Crippen LogP contribution is -2.37. The fourth-order valence-corrected chi connectivity index (χ4v) is 5.50. The van der Waals surface area contributed by atoms with E-state index < -0.39 is 0 Å². The summed E-state index contributed by atoms with van der Waals surface area (Å²) in [6.45, 7) is 9.48. The van der Waals surface area contributed by atoms with E-state index in [4.69, 9.17) is 4.74 Å². The normalized spacial score (nSPS) is 15.8. The second-order valence-electron chi connectivity index (χ2n) is 9.25. The maximum absolute atomic E-state index is 13.5. The summed E-state index contributed by atoms with van der Waals surface area (Å²) in [6.07, 6.45) is -0.363. The van der Waals surface area contributed by atoms with Crippen LogP contribution in [0.25, 0.3) is 22.2 Å². The number of aryl methyl sites for hydroxylation is 5. The molecular formula is C27H29N3O3. The zero-order valence-corrected chi connectivity index (χ0v) is 20.0. The lowest BCUT2D eigenvalue weighted by atomic mass is 9.93. The number of hydrogen-bond acceptors (Lipinski definition) is 3. The Morgan fingerprint density at radius 1 is 0.909 bits per heavy atom. The predicted molar refractivity (Wildman–Crippen MR) is 131 cm³/mol. The van der Waals surface area contributed by atoms with Crippen LogP contribution in [-0.2, 0) is 25.4 Å². The molecule has 2 aromatic carbocycles. The van der Waals surface area contributed by atoms with Crippen LogP contribution in [0.15, 0.2) is 46.0 Å². The summed E-state index contributed by atoms with van der Waals surface area (Å²) >= 11 is 0. The minimum Gasteiger partial charge on any atom is -0.365 e. The van der Waals surface area contributed by atoms with Crippen molar-refractivity contribution >= 4 is 10.9 Å². The number of benzene rings is 2. The summed E-state index contributed by atoms with van der Waals surface area (Å²) in [5.41, 5.74) is 8.46. The van der Waals surface area contributed by atoms with Crippen LogP contribution in [0.3, 0.4) is 0 Å². The number of fused-ring (bicyclic) bond motifs is 3. The van der Waals surface area contributed by atoms with E-state index in [2.05, 4.69) is 43.5 Å². The Morgan fingerprint density at radius 2 is 1.61 bits per heavy atom. The van der Waals surface area contributed by atoms with Crippen LogP contribution in [0.1, 0.15) is 39.6 Å². The van der Waals surface area contributed by atoms with E-state index in [9.17, 15) is 9.59 Å². The van der Waals surface area contributed by atoms with Crippen LogP contribution in [-0.4, -0.2) is 20.3 Å². The standard InChI is InChI=1S/C27H29N3O3/c1-15-8-7-9-19(14-15)22-21-23(28(5)27(32)29(6)26(21)31)24-25(33-11-10-30(22)24)20-17(3)12-16(2)13-18(20)4/h7-9,12-14,25H,10-11H2,1-6H3/t25-/m0/s1. The Morgan fingerprint density at radius 3 is 2.27 bits per heavy atom. The van der Waals surface area contributed by atoms with Gasteiger partial charge in [-0.05, 0) is 56.0 Å². The third-order valence-electron chi connectivity index (χ3n) is 6.84. The SMILES string of the molecule is Cc1cccc(-c2c3c(=O)n(C)c(=O)n(C)c3c3n2CCO[C@H]3c2c(C)cc(C)cc2C)c1. The molecule has 4 aromatic rings. The predicted octanol–water partition coefficient (Wildman–Crippen LogP) is 4.06. The molecule has 0 spiro atoms. The van der Waals surface area contributed by atoms with E-state index in [0.717, 1.165) is 39.2 Å². The lowest BCUT2D eigenvalue weighted by Gasteiger charge is -2.30. The van der Waals surface area contributed by atoms with Crippen molar-refractivity contribution in [3.63, 3.8) is 0 Å². The van der Waals surface area contributed by atoms with Gasteiger partial charge in [-0.25, -0.2) is 4.79 Å². The molecule has 33 heavy (non-hydrogen) atoms. The highest BCUT2D eigenvalue weighted by Gasteiger charge is 2.34. The first-order chi connectivity index (χ1) is 15.7. The van der Waals surface area contributed by atoms with Crippen molar-refractivity contribution in [2.45, 2.75) is 40.3 Å². The minimum atomic E-state index is -0.363. The topological polar surface area (TPSA) is 58.2 Å². The molecule has 1 atom stereocenters. The van der Waals surface area contributed by atoms with Gasteiger partial charge in [-0.2, -0.15) is 0 Å². The Bertz CT molecular complexity index is 1530. The number of rotatable bonds is 2. The van der Waals surface area contributed by atoms with Crippen molar-refractivity contribution < 1.29 is 4.74 Å². The molecule has 6 heteroatoms. The van der Waals surface area contributed by atoms with Gasteiger partial charge in [0, 0.05) is 20.6 Å². The molecule has 6 nitrogen and oxygen atoms in total. The first-order valence-corrected chi connectivity index (χ1v) is 11.3. The van der Waals surface area contributed by atoms with Gasteiger partial charge in [-0.15, -0.1) is 0 Å². The Balaban J connectivity index is 1.97. The highest BCUT2D eigenvalue weighted by atomic mass is 16.5. The van der Waals surface area contributed by atoms with Crippen LogP contribution < -0.4 is 11.2 Å². The Labute approximate surface area is 192 Å². The molecule has 0 fully saturated rings. The summed E-state index contributed by atoms with van der Waals surface area (Å²) in [7, 11) is 3.29. The van der Waals surface area contributed by atoms with Crippen molar-refractivity contribution in [1.29, 1.82) is 0 Å². The van der Waals surface area contributed by atoms with Gasteiger partial charge in [0.2, 0.25) is 0 Å². The van der Waals surface area contributed by atoms with E-state index in [1.165, 1.54) is 10.1 Å². The average molecular weight is 444 g/mol. The largest absolute Gasteiger partial charge is 0.365 e. The van der Waals surface area contributed by atoms with Crippen molar-refractivity contribution in [1.82, 2.24) is 13.7 Å². The number of aromatic nitrogens is 3. The van der Waals surface area contributed by atoms with E-state index in [-0.39, 0.29) is 17.4 Å². The van der Waals surface area contributed by atoms with E-state index in [1.54, 1.807) is 18.7 Å². The number of ether oxygens (including phenoxy) is 1. The smallest absolute Gasteiger partial charge is 0.331 e. The quantitative estimate of drug-likeness (QED) is 0.470. The maximum atomic E-state index is 13.5. The summed E-state index contributed by atoms with van der Waals surface area (Å²) in [5, 5.41) is 0.568. The molecular weight excluding hydrogens is 414 g/mol. The van der Waals surface area contributed by atoms with Gasteiger partial charge >= 0.3 is 5.69 Å². The molecule has 1 aliphatic heterocycles. The third kappa shape index (κ3) is 3.12. The molecule has 0 radical (unpaired) electrons. The summed E-state index contributed by atoms with van der Waals surface area (Å²) < 4.78 is 11.4. The highest BCUT2D eigenvalue weighted by Crippen LogP contribution is 2.42. The summed E-state index contributed by atoms with van der Waals surface area (Å²) in [5.74, 6) is 0. The van der Waals surface area contributed by atoms with Crippen LogP contribution in [0, 0.1) is 27.7 Å². The molecule has 170 valence electrons. The molecule has 0 amide bonds. The molecule has 3 heterocycles. The second kappa shape index (κ2) is 7.59.